The summed E-state index contributed by atoms with van der Waals surface area (Å²) in [6.45, 7) is 0. The number of hydrogen-bond acceptors (Lipinski definition) is 4. The first-order valence-corrected chi connectivity index (χ1v) is 35.5. The summed E-state index contributed by atoms with van der Waals surface area (Å²) in [5.74, 6) is 1.32. The van der Waals surface area contributed by atoms with Gasteiger partial charge in [-0.25, -0.2) is 19.9 Å². The molecule has 8 nitrogen and oxygen atoms in total. The average molecular weight is 1320 g/mol. The Kier molecular flexibility index (Phi) is 11.9. The van der Waals surface area contributed by atoms with Gasteiger partial charge in [-0.1, -0.05) is 279 Å². The fraction of sp³-hybridized carbons (Fsp3) is 0. The van der Waals surface area contributed by atoms with Gasteiger partial charge in [0, 0.05) is 92.1 Å². The lowest BCUT2D eigenvalue weighted by Gasteiger charge is -2.15. The van der Waals surface area contributed by atoms with Gasteiger partial charge in [0.1, 0.15) is 0 Å². The van der Waals surface area contributed by atoms with Crippen LogP contribution in [0.15, 0.2) is 340 Å². The second-order valence-corrected chi connectivity index (χ2v) is 27.5. The van der Waals surface area contributed by atoms with E-state index in [0.717, 1.165) is 105 Å². The fourth-order valence-electron chi connectivity index (χ4n) is 17.7. The van der Waals surface area contributed by atoms with Crippen LogP contribution in [0.3, 0.4) is 0 Å². The quantitative estimate of drug-likeness (QED) is 0.156. The van der Waals surface area contributed by atoms with Gasteiger partial charge in [0.2, 0.25) is 11.9 Å². The predicted molar refractivity (Wildman–Crippen MR) is 434 cm³/mol. The zero-order valence-electron chi connectivity index (χ0n) is 55.9. The Morgan fingerprint density at radius 3 is 1.13 bits per heavy atom. The van der Waals surface area contributed by atoms with Gasteiger partial charge in [0.15, 0.2) is 0 Å². The molecular weight excluding hydrogens is 1270 g/mol. The van der Waals surface area contributed by atoms with Crippen LogP contribution in [-0.4, -0.2) is 37.9 Å². The number of hydrogen-bond donors (Lipinski definition) is 0. The summed E-state index contributed by atoms with van der Waals surface area (Å²) in [5.41, 5.74) is 22.1. The van der Waals surface area contributed by atoms with E-state index in [4.69, 9.17) is 19.9 Å². The van der Waals surface area contributed by atoms with Crippen LogP contribution in [0.4, 0.5) is 0 Å². The number of fused-ring (bicyclic) bond motifs is 16. The molecule has 0 atom stereocenters. The Morgan fingerprint density at radius 1 is 0.192 bits per heavy atom. The summed E-state index contributed by atoms with van der Waals surface area (Å²) in [4.78, 5) is 22.1. The number of nitrogens with zero attached hydrogens (tertiary/aromatic N) is 8. The van der Waals surface area contributed by atoms with E-state index in [-0.39, 0.29) is 0 Å². The summed E-state index contributed by atoms with van der Waals surface area (Å²) < 4.78 is 9.62. The monoisotopic (exact) mass is 1320 g/mol. The number of rotatable bonds is 6. The van der Waals surface area contributed by atoms with Gasteiger partial charge in [0.25, 0.3) is 0 Å². The van der Waals surface area contributed by atoms with Crippen LogP contribution >= 0.6 is 0 Å². The van der Waals surface area contributed by atoms with Crippen molar-refractivity contribution in [1.29, 1.82) is 0 Å². The Hall–Kier alpha value is -14.1. The van der Waals surface area contributed by atoms with Gasteiger partial charge in [-0.05, 0) is 98.9 Å². The van der Waals surface area contributed by atoms with E-state index in [1.807, 2.05) is 0 Å². The Bertz CT molecular complexity index is 7690. The summed E-state index contributed by atoms with van der Waals surface area (Å²) in [7, 11) is 0. The minimum atomic E-state index is 0.658. The molecule has 0 amide bonds. The molecule has 0 aliphatic carbocycles. The van der Waals surface area contributed by atoms with E-state index in [1.165, 1.54) is 103 Å². The highest BCUT2D eigenvalue weighted by Gasteiger charge is 2.29. The van der Waals surface area contributed by atoms with E-state index in [2.05, 4.69) is 358 Å². The maximum atomic E-state index is 5.54. The number of para-hydroxylation sites is 4. The fourth-order valence-corrected chi connectivity index (χ4v) is 17.7. The van der Waals surface area contributed by atoms with E-state index < -0.39 is 0 Å². The van der Waals surface area contributed by atoms with Crippen molar-refractivity contribution in [3.05, 3.63) is 340 Å². The molecule has 480 valence electrons. The molecule has 0 bridgehead atoms. The van der Waals surface area contributed by atoms with Crippen molar-refractivity contribution in [2.45, 2.75) is 0 Å². The summed E-state index contributed by atoms with van der Waals surface area (Å²) in [6.07, 6.45) is 0. The van der Waals surface area contributed by atoms with Crippen molar-refractivity contribution in [3.63, 3.8) is 0 Å². The molecule has 0 fully saturated rings. The molecule has 8 aromatic heterocycles. The number of benzene rings is 16. The molecular formula is C96H56N8. The molecule has 0 saturated heterocycles. The highest BCUT2D eigenvalue weighted by molar-refractivity contribution is 6.34. The molecule has 0 aliphatic heterocycles. The number of aromatic nitrogens is 8. The molecule has 0 spiro atoms. The van der Waals surface area contributed by atoms with Gasteiger partial charge < -0.3 is 8.80 Å². The zero-order valence-corrected chi connectivity index (χ0v) is 55.9. The molecule has 24 aromatic rings. The standard InChI is InChI=1S/2C48H28N4/c1-3-13-29(14-4-1)32-27-38-36-21-11-20-35-34-19-9-10-22-39(34)51(47(35)36)40-23-12-24-41-44(40)43(38)42(28-32)52(41)48-49-45(31-16-5-2-6-17-31)37-26-25-30-15-7-8-18-33(30)46(37)50-48;1-3-13-29(14-4-1)33-27-28-35-37-21-11-20-36-34-19-9-10-22-39(34)51(46(36)37)40-23-12-24-41-43(40)42(35)47(33)52(41)48-49-44(31-16-5-2-6-17-31)38-26-25-30-15-7-8-18-32(30)45(38)50-48/h2*1-28H. The second kappa shape index (κ2) is 21.7. The third-order valence-electron chi connectivity index (χ3n) is 22.1. The normalized spacial score (nSPS) is 12.2. The van der Waals surface area contributed by atoms with E-state index in [1.54, 1.807) is 0 Å². The van der Waals surface area contributed by atoms with Crippen molar-refractivity contribution in [2.24, 2.45) is 0 Å². The first-order chi connectivity index (χ1) is 51.6. The van der Waals surface area contributed by atoms with E-state index in [0.29, 0.717) is 11.9 Å². The van der Waals surface area contributed by atoms with Crippen LogP contribution in [0.5, 0.6) is 0 Å². The van der Waals surface area contributed by atoms with E-state index >= 15 is 0 Å². The lowest BCUT2D eigenvalue weighted by atomic mass is 9.97. The van der Waals surface area contributed by atoms with Crippen LogP contribution in [0.2, 0.25) is 0 Å². The molecule has 24 rings (SSSR count). The maximum absolute atomic E-state index is 5.54. The van der Waals surface area contributed by atoms with Crippen LogP contribution in [0.1, 0.15) is 0 Å². The smallest absolute Gasteiger partial charge is 0.235 e. The molecule has 0 saturated carbocycles. The summed E-state index contributed by atoms with van der Waals surface area (Å²) in [6, 6.07) is 122. The van der Waals surface area contributed by atoms with Crippen molar-refractivity contribution < 1.29 is 0 Å². The van der Waals surface area contributed by atoms with Gasteiger partial charge in [0.05, 0.1) is 77.6 Å². The molecule has 0 unspecified atom stereocenters. The highest BCUT2D eigenvalue weighted by atomic mass is 15.2. The van der Waals surface area contributed by atoms with Crippen molar-refractivity contribution in [1.82, 2.24) is 37.9 Å². The zero-order chi connectivity index (χ0) is 67.8. The van der Waals surface area contributed by atoms with Crippen molar-refractivity contribution >= 4 is 163 Å². The first kappa shape index (κ1) is 56.8. The van der Waals surface area contributed by atoms with Crippen LogP contribution in [0.25, 0.3) is 220 Å². The maximum Gasteiger partial charge on any atom is 0.235 e. The average Bonchev–Trinajstić information content (AvgIpc) is 1.53. The third-order valence-corrected chi connectivity index (χ3v) is 22.1. The molecule has 104 heavy (non-hydrogen) atoms. The Labute approximate surface area is 593 Å². The lowest BCUT2D eigenvalue weighted by molar-refractivity contribution is 1.02. The molecule has 0 radical (unpaired) electrons. The SMILES string of the molecule is c1ccc(-c2cc3c4cccc5c6ccccc6n(c6cccc7c6c3c(c2)n7-c2nc(-c3ccccc3)c3ccc6ccccc6c3n2)c45)cc1.c1ccc(-c2nc(-n3c4cccc5c4c4c(ccc(-c6ccccc6)c43)c3cccc4c6ccccc6n5c34)nc3c2ccc2ccccc23)cc1. The largest absolute Gasteiger partial charge is 0.308 e. The van der Waals surface area contributed by atoms with E-state index in [9.17, 15) is 0 Å². The Morgan fingerprint density at radius 2 is 0.587 bits per heavy atom. The molecule has 8 heterocycles. The van der Waals surface area contributed by atoms with Crippen molar-refractivity contribution in [3.8, 4) is 56.7 Å². The van der Waals surface area contributed by atoms with Gasteiger partial charge in [-0.2, -0.15) is 0 Å². The predicted octanol–water partition coefficient (Wildman–Crippen LogP) is 24.7. The molecule has 0 N–H and O–H groups in total. The summed E-state index contributed by atoms with van der Waals surface area (Å²) >= 11 is 0. The topological polar surface area (TPSA) is 70.2 Å². The molecule has 8 heteroatoms. The van der Waals surface area contributed by atoms with Crippen LogP contribution in [-0.2, 0) is 0 Å². The van der Waals surface area contributed by atoms with Gasteiger partial charge in [-0.3, -0.25) is 9.13 Å². The van der Waals surface area contributed by atoms with Gasteiger partial charge in [-0.15, -0.1) is 0 Å². The Balaban J connectivity index is 0.000000127. The van der Waals surface area contributed by atoms with Crippen LogP contribution in [0, 0.1) is 0 Å². The third kappa shape index (κ3) is 7.96. The van der Waals surface area contributed by atoms with Crippen LogP contribution < -0.4 is 0 Å². The summed E-state index contributed by atoms with van der Waals surface area (Å²) in [5, 5.41) is 21.4. The van der Waals surface area contributed by atoms with Gasteiger partial charge >= 0.3 is 0 Å². The highest BCUT2D eigenvalue weighted by Crippen LogP contribution is 2.50. The minimum Gasteiger partial charge on any atom is -0.308 e. The first-order valence-electron chi connectivity index (χ1n) is 35.5. The second-order valence-electron chi connectivity index (χ2n) is 27.5. The minimum absolute atomic E-state index is 0.658. The van der Waals surface area contributed by atoms with Crippen molar-refractivity contribution in [2.75, 3.05) is 0 Å². The lowest BCUT2D eigenvalue weighted by Crippen LogP contribution is -2.04. The molecule has 0 aliphatic rings. The molecule has 16 aromatic carbocycles.